The van der Waals surface area contributed by atoms with E-state index in [0.717, 1.165) is 33.5 Å². The van der Waals surface area contributed by atoms with E-state index in [1.807, 2.05) is 80.6 Å². The summed E-state index contributed by atoms with van der Waals surface area (Å²) >= 11 is 0. The number of benzene rings is 3. The summed E-state index contributed by atoms with van der Waals surface area (Å²) < 4.78 is 12.1. The van der Waals surface area contributed by atoms with Gasteiger partial charge in [0.25, 0.3) is 11.2 Å². The molecule has 6 nitrogen and oxygen atoms in total. The third kappa shape index (κ3) is 5.84. The Morgan fingerprint density at radius 1 is 0.868 bits per heavy atom. The largest absolute Gasteiger partial charge is 0.482 e. The molecule has 0 unspecified atom stereocenters. The van der Waals surface area contributed by atoms with Gasteiger partial charge in [-0.25, -0.2) is 9.64 Å². The highest BCUT2D eigenvalue weighted by Gasteiger charge is 2.15. The topological polar surface area (TPSA) is 61.9 Å². The molecule has 0 aliphatic heterocycles. The van der Waals surface area contributed by atoms with Crippen LogP contribution < -0.4 is 10.3 Å². The zero-order valence-corrected chi connectivity index (χ0v) is 22.1. The molecule has 1 aromatic heterocycles. The summed E-state index contributed by atoms with van der Waals surface area (Å²) in [5.41, 5.74) is 7.52. The molecule has 192 valence electrons. The lowest BCUT2D eigenvalue weighted by molar-refractivity contribution is -0.145. The minimum Gasteiger partial charge on any atom is -0.482 e. The number of nitrogens with zero attached hydrogens (tertiary/aromatic N) is 2. The predicted molar refractivity (Wildman–Crippen MR) is 150 cm³/mol. The number of hydrogen-bond donors (Lipinski definition) is 0. The highest BCUT2D eigenvalue weighted by Crippen LogP contribution is 2.29. The quantitative estimate of drug-likeness (QED) is 0.198. The van der Waals surface area contributed by atoms with Crippen LogP contribution >= 0.6 is 0 Å². The molecule has 0 amide bonds. The van der Waals surface area contributed by atoms with Crippen LogP contribution in [0.4, 0.5) is 5.69 Å². The second-order valence-electron chi connectivity index (χ2n) is 9.19. The van der Waals surface area contributed by atoms with Gasteiger partial charge in [-0.2, -0.15) is 0 Å². The van der Waals surface area contributed by atoms with Crippen molar-refractivity contribution in [2.75, 3.05) is 13.2 Å². The lowest BCUT2D eigenvalue weighted by Crippen LogP contribution is -2.23. The Labute approximate surface area is 222 Å². The molecule has 0 saturated heterocycles. The van der Waals surface area contributed by atoms with E-state index < -0.39 is 5.97 Å². The molecule has 0 spiro atoms. The lowest BCUT2D eigenvalue weighted by atomic mass is 10.0. The van der Waals surface area contributed by atoms with Gasteiger partial charge in [0.05, 0.1) is 19.7 Å². The van der Waals surface area contributed by atoms with E-state index in [1.54, 1.807) is 18.4 Å². The molecule has 0 radical (unpaired) electrons. The number of rotatable bonds is 8. The van der Waals surface area contributed by atoms with Gasteiger partial charge in [0.1, 0.15) is 5.75 Å². The Balaban J connectivity index is 1.63. The van der Waals surface area contributed by atoms with Crippen LogP contribution in [-0.2, 0) is 16.1 Å². The Morgan fingerprint density at radius 3 is 2.11 bits per heavy atom. The Bertz CT molecular complexity index is 1560. The van der Waals surface area contributed by atoms with Gasteiger partial charge in [0.2, 0.25) is 0 Å². The van der Waals surface area contributed by atoms with Gasteiger partial charge in [-0.3, -0.25) is 4.79 Å². The van der Waals surface area contributed by atoms with Crippen LogP contribution in [0.25, 0.3) is 27.2 Å². The SMILES string of the molecule is [C-]#[N+]c1c(C)cc(-c2ccc(-c3ccc(OCC(=O)OCC)cc3)cc2)n(Cc2ccc(C)cc2C)c1=O. The molecule has 1 heterocycles. The summed E-state index contributed by atoms with van der Waals surface area (Å²) in [6.45, 7) is 15.8. The highest BCUT2D eigenvalue weighted by molar-refractivity contribution is 5.72. The van der Waals surface area contributed by atoms with Gasteiger partial charge in [-0.1, -0.05) is 60.2 Å². The van der Waals surface area contributed by atoms with Gasteiger partial charge < -0.3 is 14.0 Å². The molecular formula is C32H30N2O4. The minimum absolute atomic E-state index is 0.128. The number of hydrogen-bond acceptors (Lipinski definition) is 4. The summed E-state index contributed by atoms with van der Waals surface area (Å²) in [4.78, 5) is 28.4. The Kier molecular flexibility index (Phi) is 8.08. The standard InChI is InChI=1S/C32H30N2O4/c1-6-37-30(35)20-38-28-15-13-25(14-16-28)24-9-11-26(12-10-24)29-18-23(4)31(33-5)32(36)34(29)19-27-8-7-21(2)17-22(27)3/h7-18H,6,19-20H2,1-4H3. The molecule has 0 atom stereocenters. The van der Waals surface area contributed by atoms with E-state index in [0.29, 0.717) is 24.5 Å². The van der Waals surface area contributed by atoms with E-state index in [-0.39, 0.29) is 17.9 Å². The second kappa shape index (κ2) is 11.6. The molecule has 0 bridgehead atoms. The fourth-order valence-corrected chi connectivity index (χ4v) is 4.40. The molecule has 0 N–H and O–H groups in total. The van der Waals surface area contributed by atoms with Gasteiger partial charge >= 0.3 is 5.97 Å². The number of esters is 1. The minimum atomic E-state index is -0.400. The first-order chi connectivity index (χ1) is 18.3. The first kappa shape index (κ1) is 26.4. The van der Waals surface area contributed by atoms with Crippen LogP contribution in [0.2, 0.25) is 0 Å². The van der Waals surface area contributed by atoms with Gasteiger partial charge in [0.15, 0.2) is 6.61 Å². The van der Waals surface area contributed by atoms with Crippen molar-refractivity contribution in [3.63, 3.8) is 0 Å². The average molecular weight is 507 g/mol. The fourth-order valence-electron chi connectivity index (χ4n) is 4.40. The van der Waals surface area contributed by atoms with Crippen LogP contribution in [0.3, 0.4) is 0 Å². The third-order valence-electron chi connectivity index (χ3n) is 6.43. The normalized spacial score (nSPS) is 10.6. The van der Waals surface area contributed by atoms with Crippen molar-refractivity contribution >= 4 is 11.7 Å². The molecule has 0 saturated carbocycles. The first-order valence-electron chi connectivity index (χ1n) is 12.5. The van der Waals surface area contributed by atoms with Crippen LogP contribution in [-0.4, -0.2) is 23.8 Å². The summed E-state index contributed by atoms with van der Waals surface area (Å²) in [7, 11) is 0. The van der Waals surface area contributed by atoms with Gasteiger partial charge in [-0.05, 0) is 79.3 Å². The number of aryl methyl sites for hydroxylation is 3. The maximum Gasteiger partial charge on any atom is 0.344 e. The van der Waals surface area contributed by atoms with E-state index in [9.17, 15) is 9.59 Å². The monoisotopic (exact) mass is 506 g/mol. The fraction of sp³-hybridized carbons (Fsp3) is 0.219. The number of carbonyl (C=O) groups excluding carboxylic acids is 1. The first-order valence-corrected chi connectivity index (χ1v) is 12.5. The summed E-state index contributed by atoms with van der Waals surface area (Å²) in [5.74, 6) is 0.187. The molecule has 6 heteroatoms. The Hall–Kier alpha value is -4.63. The van der Waals surface area contributed by atoms with Crippen molar-refractivity contribution in [1.82, 2.24) is 4.57 Å². The number of carbonyl (C=O) groups is 1. The number of pyridine rings is 1. The smallest absolute Gasteiger partial charge is 0.344 e. The summed E-state index contributed by atoms with van der Waals surface area (Å²) in [6, 6.07) is 23.6. The van der Waals surface area contributed by atoms with Crippen LogP contribution in [0.5, 0.6) is 5.75 Å². The molecule has 0 aliphatic rings. The van der Waals surface area contributed by atoms with Crippen LogP contribution in [0, 0.1) is 27.3 Å². The molecule has 38 heavy (non-hydrogen) atoms. The number of aromatic nitrogens is 1. The molecule has 4 rings (SSSR count). The summed E-state index contributed by atoms with van der Waals surface area (Å²) in [6.07, 6.45) is 0. The van der Waals surface area contributed by atoms with E-state index in [1.165, 1.54) is 5.56 Å². The van der Waals surface area contributed by atoms with E-state index in [4.69, 9.17) is 16.0 Å². The third-order valence-corrected chi connectivity index (χ3v) is 6.43. The maximum absolute atomic E-state index is 13.4. The average Bonchev–Trinajstić information content (AvgIpc) is 2.91. The molecule has 0 fully saturated rings. The maximum atomic E-state index is 13.4. The van der Waals surface area contributed by atoms with Crippen molar-refractivity contribution in [3.05, 3.63) is 117 Å². The van der Waals surface area contributed by atoms with Crippen molar-refractivity contribution in [3.8, 4) is 28.1 Å². The zero-order chi connectivity index (χ0) is 27.2. The highest BCUT2D eigenvalue weighted by atomic mass is 16.6. The Morgan fingerprint density at radius 2 is 1.50 bits per heavy atom. The van der Waals surface area contributed by atoms with Gasteiger partial charge in [0, 0.05) is 5.69 Å². The van der Waals surface area contributed by atoms with Crippen LogP contribution in [0.1, 0.15) is 29.2 Å². The second-order valence-corrected chi connectivity index (χ2v) is 9.19. The lowest BCUT2D eigenvalue weighted by Gasteiger charge is -2.17. The van der Waals surface area contributed by atoms with Crippen molar-refractivity contribution in [1.29, 1.82) is 0 Å². The molecular weight excluding hydrogens is 476 g/mol. The zero-order valence-electron chi connectivity index (χ0n) is 22.1. The predicted octanol–water partition coefficient (Wildman–Crippen LogP) is 6.65. The van der Waals surface area contributed by atoms with Crippen molar-refractivity contribution in [2.45, 2.75) is 34.2 Å². The van der Waals surface area contributed by atoms with Crippen molar-refractivity contribution in [2.24, 2.45) is 0 Å². The molecule has 4 aromatic rings. The van der Waals surface area contributed by atoms with Gasteiger partial charge in [-0.15, -0.1) is 0 Å². The van der Waals surface area contributed by atoms with E-state index >= 15 is 0 Å². The van der Waals surface area contributed by atoms with Crippen molar-refractivity contribution < 1.29 is 14.3 Å². The molecule has 3 aromatic carbocycles. The van der Waals surface area contributed by atoms with Crippen LogP contribution in [0.15, 0.2) is 77.6 Å². The molecule has 0 aliphatic carbocycles. The summed E-state index contributed by atoms with van der Waals surface area (Å²) in [5, 5.41) is 0. The van der Waals surface area contributed by atoms with E-state index in [2.05, 4.69) is 10.9 Å². The number of ether oxygens (including phenoxy) is 2.